The molecule has 0 radical (unpaired) electrons. The van der Waals surface area contributed by atoms with Gasteiger partial charge in [0.05, 0.1) is 0 Å². The van der Waals surface area contributed by atoms with E-state index in [1.807, 2.05) is 0 Å². The Kier molecular flexibility index (Phi) is 3.36. The highest BCUT2D eigenvalue weighted by Crippen LogP contribution is 2.30. The molecule has 0 unspecified atom stereocenters. The van der Waals surface area contributed by atoms with E-state index in [9.17, 15) is 0 Å². The number of rotatable bonds is 2. The molecule has 0 bridgehead atoms. The van der Waals surface area contributed by atoms with Gasteiger partial charge in [-0.15, -0.1) is 12.4 Å². The predicted molar refractivity (Wildman–Crippen MR) is 37.0 cm³/mol. The second-order valence-corrected chi connectivity index (χ2v) is 2.24. The van der Waals surface area contributed by atoms with Crippen LogP contribution >= 0.6 is 12.4 Å². The smallest absolute Gasteiger partial charge is 0.0191 e. The Labute approximate surface area is 56.0 Å². The third-order valence-electron chi connectivity index (χ3n) is 1.50. The first-order valence-corrected chi connectivity index (χ1v) is 2.80. The largest absolute Gasteiger partial charge is 0.329 e. The van der Waals surface area contributed by atoms with E-state index < -0.39 is 0 Å². The third-order valence-corrected chi connectivity index (χ3v) is 1.50. The van der Waals surface area contributed by atoms with E-state index >= 15 is 0 Å². The Morgan fingerprint density at radius 3 is 2.12 bits per heavy atom. The summed E-state index contributed by atoms with van der Waals surface area (Å²) in [6, 6.07) is 0.292. The third kappa shape index (κ3) is 1.99. The van der Waals surface area contributed by atoms with Crippen LogP contribution in [0.25, 0.3) is 0 Å². The van der Waals surface area contributed by atoms with Crippen molar-refractivity contribution in [3.05, 3.63) is 0 Å². The standard InChI is InChI=1S/C5H12N2.ClH/c6-3-5(7)4-1-2-4;/h4-5H,1-3,6-7H2;1H/t5-;/m0./s1. The number of hydrogen-bond donors (Lipinski definition) is 2. The molecule has 1 aliphatic carbocycles. The number of halogens is 1. The summed E-state index contributed by atoms with van der Waals surface area (Å²) in [5.74, 6) is 0.769. The molecule has 2 nitrogen and oxygen atoms in total. The normalized spacial score (nSPS) is 21.8. The molecule has 0 aliphatic heterocycles. The zero-order valence-corrected chi connectivity index (χ0v) is 5.66. The molecule has 1 fully saturated rings. The van der Waals surface area contributed by atoms with Crippen molar-refractivity contribution in [3.8, 4) is 0 Å². The van der Waals surface area contributed by atoms with E-state index in [0.717, 1.165) is 5.92 Å². The lowest BCUT2D eigenvalue weighted by Crippen LogP contribution is -2.31. The minimum absolute atomic E-state index is 0. The van der Waals surface area contributed by atoms with Gasteiger partial charge in [0, 0.05) is 12.6 Å². The van der Waals surface area contributed by atoms with E-state index in [4.69, 9.17) is 11.5 Å². The van der Waals surface area contributed by atoms with Crippen LogP contribution in [0.3, 0.4) is 0 Å². The fourth-order valence-corrected chi connectivity index (χ4v) is 0.717. The average molecular weight is 137 g/mol. The van der Waals surface area contributed by atoms with Crippen LogP contribution in [0.4, 0.5) is 0 Å². The van der Waals surface area contributed by atoms with Crippen molar-refractivity contribution in [2.24, 2.45) is 17.4 Å². The number of nitrogens with two attached hydrogens (primary N) is 2. The van der Waals surface area contributed by atoms with Gasteiger partial charge in [-0.1, -0.05) is 0 Å². The second kappa shape index (κ2) is 3.28. The molecule has 4 N–H and O–H groups in total. The summed E-state index contributed by atoms with van der Waals surface area (Å²) in [6.45, 7) is 0.657. The molecule has 1 atom stereocenters. The van der Waals surface area contributed by atoms with Crippen molar-refractivity contribution in [1.29, 1.82) is 0 Å². The van der Waals surface area contributed by atoms with Gasteiger partial charge in [0.1, 0.15) is 0 Å². The molecular formula is C5H13ClN2. The summed E-state index contributed by atoms with van der Waals surface area (Å²) in [7, 11) is 0. The van der Waals surface area contributed by atoms with Crippen LogP contribution < -0.4 is 11.5 Å². The molecule has 0 spiro atoms. The molecular weight excluding hydrogens is 124 g/mol. The monoisotopic (exact) mass is 136 g/mol. The summed E-state index contributed by atoms with van der Waals surface area (Å²) in [5, 5.41) is 0. The molecule has 3 heteroatoms. The zero-order valence-electron chi connectivity index (χ0n) is 4.84. The minimum atomic E-state index is 0. The van der Waals surface area contributed by atoms with Gasteiger partial charge in [0.2, 0.25) is 0 Å². The van der Waals surface area contributed by atoms with Crippen molar-refractivity contribution in [3.63, 3.8) is 0 Å². The van der Waals surface area contributed by atoms with E-state index in [-0.39, 0.29) is 12.4 Å². The SMILES string of the molecule is Cl.NC[C@H](N)C1CC1. The Hall–Kier alpha value is 0.210. The maximum absolute atomic E-state index is 5.55. The molecule has 1 rings (SSSR count). The van der Waals surface area contributed by atoms with Crippen LogP contribution in [0, 0.1) is 5.92 Å². The first-order valence-electron chi connectivity index (χ1n) is 2.80. The lowest BCUT2D eigenvalue weighted by atomic mass is 10.2. The van der Waals surface area contributed by atoms with Crippen LogP contribution in [0.2, 0.25) is 0 Å². The van der Waals surface area contributed by atoms with Gasteiger partial charge in [-0.2, -0.15) is 0 Å². The van der Waals surface area contributed by atoms with Crippen molar-refractivity contribution in [2.75, 3.05) is 6.54 Å². The molecule has 0 amide bonds. The number of hydrogen-bond acceptors (Lipinski definition) is 2. The van der Waals surface area contributed by atoms with Crippen LogP contribution in [-0.4, -0.2) is 12.6 Å². The Bertz CT molecular complexity index is 63.4. The van der Waals surface area contributed by atoms with Crippen LogP contribution in [0.5, 0.6) is 0 Å². The zero-order chi connectivity index (χ0) is 5.28. The van der Waals surface area contributed by atoms with E-state index in [2.05, 4.69) is 0 Å². The Morgan fingerprint density at radius 2 is 2.00 bits per heavy atom. The molecule has 0 aromatic rings. The predicted octanol–water partition coefficient (Wildman–Crippen LogP) is 0.104. The molecule has 1 aliphatic rings. The molecule has 0 saturated heterocycles. The van der Waals surface area contributed by atoms with Crippen molar-refractivity contribution >= 4 is 12.4 Å². The maximum atomic E-state index is 5.55. The van der Waals surface area contributed by atoms with Crippen molar-refractivity contribution < 1.29 is 0 Å². The Balaban J connectivity index is 0.000000490. The molecule has 50 valence electrons. The summed E-state index contributed by atoms with van der Waals surface area (Å²) >= 11 is 0. The van der Waals surface area contributed by atoms with Gasteiger partial charge in [-0.05, 0) is 18.8 Å². The van der Waals surface area contributed by atoms with E-state index in [1.165, 1.54) is 12.8 Å². The summed E-state index contributed by atoms with van der Waals surface area (Å²) in [5.41, 5.74) is 10.8. The molecule has 0 heterocycles. The van der Waals surface area contributed by atoms with Gasteiger partial charge >= 0.3 is 0 Å². The van der Waals surface area contributed by atoms with Gasteiger partial charge in [-0.25, -0.2) is 0 Å². The lowest BCUT2D eigenvalue weighted by Gasteiger charge is -2.02. The first-order chi connectivity index (χ1) is 3.34. The van der Waals surface area contributed by atoms with Gasteiger partial charge in [0.25, 0.3) is 0 Å². The molecule has 0 aromatic heterocycles. The fourth-order valence-electron chi connectivity index (χ4n) is 0.717. The second-order valence-electron chi connectivity index (χ2n) is 2.24. The fraction of sp³-hybridized carbons (Fsp3) is 1.00. The van der Waals surface area contributed by atoms with Crippen molar-refractivity contribution in [2.45, 2.75) is 18.9 Å². The summed E-state index contributed by atoms with van der Waals surface area (Å²) in [4.78, 5) is 0. The average Bonchev–Trinajstić information content (AvgIpc) is 2.44. The van der Waals surface area contributed by atoms with E-state index in [1.54, 1.807) is 0 Å². The molecule has 1 saturated carbocycles. The van der Waals surface area contributed by atoms with Gasteiger partial charge < -0.3 is 11.5 Å². The molecule has 8 heavy (non-hydrogen) atoms. The summed E-state index contributed by atoms with van der Waals surface area (Å²) < 4.78 is 0. The van der Waals surface area contributed by atoms with Crippen LogP contribution in [0.15, 0.2) is 0 Å². The van der Waals surface area contributed by atoms with Crippen LogP contribution in [-0.2, 0) is 0 Å². The lowest BCUT2D eigenvalue weighted by molar-refractivity contribution is 0.605. The highest BCUT2D eigenvalue weighted by molar-refractivity contribution is 5.85. The van der Waals surface area contributed by atoms with Crippen molar-refractivity contribution in [1.82, 2.24) is 0 Å². The highest BCUT2D eigenvalue weighted by Gasteiger charge is 2.26. The van der Waals surface area contributed by atoms with Gasteiger partial charge in [-0.3, -0.25) is 0 Å². The Morgan fingerprint density at radius 1 is 1.50 bits per heavy atom. The molecule has 0 aromatic carbocycles. The topological polar surface area (TPSA) is 52.0 Å². The highest BCUT2D eigenvalue weighted by atomic mass is 35.5. The van der Waals surface area contributed by atoms with E-state index in [0.29, 0.717) is 12.6 Å². The van der Waals surface area contributed by atoms with Gasteiger partial charge in [0.15, 0.2) is 0 Å². The minimum Gasteiger partial charge on any atom is -0.329 e. The van der Waals surface area contributed by atoms with Crippen LogP contribution in [0.1, 0.15) is 12.8 Å². The summed E-state index contributed by atoms with van der Waals surface area (Å²) in [6.07, 6.45) is 2.61. The maximum Gasteiger partial charge on any atom is 0.0191 e. The first kappa shape index (κ1) is 8.21. The quantitative estimate of drug-likeness (QED) is 0.566.